The van der Waals surface area contributed by atoms with E-state index in [2.05, 4.69) is 149 Å². The van der Waals surface area contributed by atoms with Crippen molar-refractivity contribution in [1.82, 2.24) is 0 Å². The molecule has 0 aliphatic heterocycles. The predicted molar refractivity (Wildman–Crippen MR) is 238 cm³/mol. The fourth-order valence-corrected chi connectivity index (χ4v) is 7.21. The maximum atomic E-state index is 6.51. The molecule has 56 heavy (non-hydrogen) atoms. The van der Waals surface area contributed by atoms with Gasteiger partial charge in [-0.15, -0.1) is 0 Å². The molecule has 0 spiro atoms. The molecule has 0 bridgehead atoms. The Kier molecular flexibility index (Phi) is 21.9. The van der Waals surface area contributed by atoms with Gasteiger partial charge in [0.15, 0.2) is 0 Å². The third-order valence-corrected chi connectivity index (χ3v) is 8.69. The van der Waals surface area contributed by atoms with Gasteiger partial charge in [-0.25, -0.2) is 0 Å². The molecule has 0 aliphatic rings. The van der Waals surface area contributed by atoms with Gasteiger partial charge in [0, 0.05) is 12.8 Å². The standard InChI is InChI=1S/C50H94O6/c1-43(2,3)51-49(52-44(4,5)6,53-45(7,8)9)39-31-27-23-19-21-25-29-33-41-35-37-42(38-36-41)34-30-26-22-20-24-28-32-40-50(54-46(10,11)12,55-47(13,14)15)56-48(16,17)18/h35-38H,19-34,39-40H2,1-18H3. The second kappa shape index (κ2) is 23.1. The molecule has 0 saturated heterocycles. The van der Waals surface area contributed by atoms with Crippen molar-refractivity contribution in [3.8, 4) is 0 Å². The first-order valence-electron chi connectivity index (χ1n) is 22.7. The molecule has 0 heterocycles. The van der Waals surface area contributed by atoms with Crippen LogP contribution in [0, 0.1) is 0 Å². The van der Waals surface area contributed by atoms with Crippen LogP contribution in [0.25, 0.3) is 0 Å². The highest BCUT2D eigenvalue weighted by Gasteiger charge is 2.45. The highest BCUT2D eigenvalue weighted by atomic mass is 16.9. The molecule has 0 unspecified atom stereocenters. The third-order valence-electron chi connectivity index (χ3n) is 8.69. The quantitative estimate of drug-likeness (QED) is 0.0688. The van der Waals surface area contributed by atoms with Gasteiger partial charge in [-0.3, -0.25) is 0 Å². The molecule has 0 saturated carbocycles. The topological polar surface area (TPSA) is 55.4 Å². The average molecular weight is 791 g/mol. The Morgan fingerprint density at radius 2 is 0.446 bits per heavy atom. The Bertz CT molecular complexity index is 987. The Hall–Kier alpha value is -1.02. The van der Waals surface area contributed by atoms with E-state index in [4.69, 9.17) is 28.4 Å². The summed E-state index contributed by atoms with van der Waals surface area (Å²) in [6.45, 7) is 37.3. The van der Waals surface area contributed by atoms with Crippen molar-refractivity contribution in [2.75, 3.05) is 0 Å². The molecular weight excluding hydrogens is 697 g/mol. The van der Waals surface area contributed by atoms with Crippen LogP contribution < -0.4 is 0 Å². The molecule has 6 heteroatoms. The van der Waals surface area contributed by atoms with Crippen molar-refractivity contribution < 1.29 is 28.4 Å². The van der Waals surface area contributed by atoms with Crippen LogP contribution in [0.4, 0.5) is 0 Å². The number of benzene rings is 1. The fraction of sp³-hybridized carbons (Fsp3) is 0.880. The van der Waals surface area contributed by atoms with E-state index in [0.29, 0.717) is 0 Å². The molecule has 0 radical (unpaired) electrons. The van der Waals surface area contributed by atoms with E-state index in [1.165, 1.54) is 88.2 Å². The summed E-state index contributed by atoms with van der Waals surface area (Å²) in [6.07, 6.45) is 20.9. The molecule has 0 amide bonds. The molecule has 1 aromatic rings. The number of hydrogen-bond donors (Lipinski definition) is 0. The second-order valence-electron chi connectivity index (χ2n) is 22.4. The summed E-state index contributed by atoms with van der Waals surface area (Å²) in [5.41, 5.74) is 0.704. The van der Waals surface area contributed by atoms with Gasteiger partial charge < -0.3 is 28.4 Å². The summed E-state index contributed by atoms with van der Waals surface area (Å²) in [6, 6.07) is 9.43. The highest BCUT2D eigenvalue weighted by molar-refractivity contribution is 5.22. The van der Waals surface area contributed by atoms with E-state index in [1.807, 2.05) is 0 Å². The molecule has 0 N–H and O–H groups in total. The lowest BCUT2D eigenvalue weighted by Gasteiger charge is -2.45. The lowest BCUT2D eigenvalue weighted by atomic mass is 10.0. The Morgan fingerprint density at radius 1 is 0.268 bits per heavy atom. The third kappa shape index (κ3) is 28.4. The van der Waals surface area contributed by atoms with Crippen LogP contribution in [0.5, 0.6) is 0 Å². The van der Waals surface area contributed by atoms with Crippen molar-refractivity contribution in [2.45, 2.75) is 286 Å². The number of hydrogen-bond acceptors (Lipinski definition) is 6. The van der Waals surface area contributed by atoms with Crippen molar-refractivity contribution in [1.29, 1.82) is 0 Å². The zero-order valence-corrected chi connectivity index (χ0v) is 40.5. The summed E-state index contributed by atoms with van der Waals surface area (Å²) in [5, 5.41) is 0. The zero-order chi connectivity index (χ0) is 43.0. The molecule has 0 aromatic heterocycles. The Labute approximate surface area is 348 Å². The first-order chi connectivity index (χ1) is 25.4. The molecule has 1 aromatic carbocycles. The lowest BCUT2D eigenvalue weighted by molar-refractivity contribution is -0.450. The van der Waals surface area contributed by atoms with Gasteiger partial charge in [0.05, 0.1) is 33.6 Å². The minimum absolute atomic E-state index is 0.373. The van der Waals surface area contributed by atoms with Crippen molar-refractivity contribution in [2.24, 2.45) is 0 Å². The maximum Gasteiger partial charge on any atom is 0.284 e. The number of aryl methyl sites for hydroxylation is 2. The molecule has 330 valence electrons. The molecule has 0 fully saturated rings. The Morgan fingerprint density at radius 3 is 0.643 bits per heavy atom. The van der Waals surface area contributed by atoms with E-state index in [9.17, 15) is 0 Å². The van der Waals surface area contributed by atoms with Gasteiger partial charge in [-0.1, -0.05) is 88.5 Å². The van der Waals surface area contributed by atoms with Crippen LogP contribution in [0.1, 0.15) is 238 Å². The number of rotatable bonds is 26. The predicted octanol–water partition coefficient (Wildman–Crippen LogP) is 15.2. The first-order valence-corrected chi connectivity index (χ1v) is 22.7. The fourth-order valence-electron chi connectivity index (χ4n) is 7.21. The molecular formula is C50H94O6. The molecule has 1 rings (SSSR count). The van der Waals surface area contributed by atoms with Crippen molar-refractivity contribution >= 4 is 0 Å². The van der Waals surface area contributed by atoms with Gasteiger partial charge in [0.25, 0.3) is 11.9 Å². The van der Waals surface area contributed by atoms with Crippen LogP contribution in [0.15, 0.2) is 24.3 Å². The molecule has 0 aliphatic carbocycles. The SMILES string of the molecule is CC(C)(C)OC(CCCCCCCCCc1ccc(CCCCCCCCCC(OC(C)(C)C)(OC(C)(C)C)OC(C)(C)C)cc1)(OC(C)(C)C)OC(C)(C)C. The monoisotopic (exact) mass is 791 g/mol. The summed E-state index contributed by atoms with van der Waals surface area (Å²) in [7, 11) is 0. The van der Waals surface area contributed by atoms with Crippen molar-refractivity contribution in [3.63, 3.8) is 0 Å². The minimum atomic E-state index is -1.05. The minimum Gasteiger partial charge on any atom is -0.322 e. The van der Waals surface area contributed by atoms with Crippen LogP contribution in [0.3, 0.4) is 0 Å². The first kappa shape index (κ1) is 53.0. The zero-order valence-electron chi connectivity index (χ0n) is 40.5. The lowest BCUT2D eigenvalue weighted by Crippen LogP contribution is -2.52. The van der Waals surface area contributed by atoms with Crippen LogP contribution in [0.2, 0.25) is 0 Å². The summed E-state index contributed by atoms with van der Waals surface area (Å²) >= 11 is 0. The Balaban J connectivity index is 2.34. The van der Waals surface area contributed by atoms with E-state index < -0.39 is 11.9 Å². The number of ether oxygens (including phenoxy) is 6. The second-order valence-corrected chi connectivity index (χ2v) is 22.4. The largest absolute Gasteiger partial charge is 0.322 e. The van der Waals surface area contributed by atoms with Crippen LogP contribution in [-0.2, 0) is 41.3 Å². The molecule has 0 atom stereocenters. The van der Waals surface area contributed by atoms with E-state index >= 15 is 0 Å². The van der Waals surface area contributed by atoms with Gasteiger partial charge in [-0.2, -0.15) is 0 Å². The number of unbranched alkanes of at least 4 members (excludes halogenated alkanes) is 12. The highest BCUT2D eigenvalue weighted by Crippen LogP contribution is 2.38. The van der Waals surface area contributed by atoms with E-state index in [1.54, 1.807) is 0 Å². The van der Waals surface area contributed by atoms with E-state index in [0.717, 1.165) is 38.5 Å². The van der Waals surface area contributed by atoms with Gasteiger partial charge in [-0.05, 0) is 174 Å². The summed E-state index contributed by atoms with van der Waals surface area (Å²) in [5.74, 6) is -2.10. The van der Waals surface area contributed by atoms with Gasteiger partial charge >= 0.3 is 0 Å². The van der Waals surface area contributed by atoms with Crippen molar-refractivity contribution in [3.05, 3.63) is 35.4 Å². The normalized spacial score (nSPS) is 14.2. The van der Waals surface area contributed by atoms with Crippen LogP contribution >= 0.6 is 0 Å². The van der Waals surface area contributed by atoms with Crippen LogP contribution in [-0.4, -0.2) is 45.6 Å². The average Bonchev–Trinajstić information content (AvgIpc) is 2.94. The molecule has 6 nitrogen and oxygen atoms in total. The van der Waals surface area contributed by atoms with Gasteiger partial charge in [0.2, 0.25) is 0 Å². The maximum absolute atomic E-state index is 6.51. The smallest absolute Gasteiger partial charge is 0.284 e. The van der Waals surface area contributed by atoms with E-state index in [-0.39, 0.29) is 33.6 Å². The van der Waals surface area contributed by atoms with Gasteiger partial charge in [0.1, 0.15) is 0 Å². The summed E-state index contributed by atoms with van der Waals surface area (Å²) in [4.78, 5) is 0. The summed E-state index contributed by atoms with van der Waals surface area (Å²) < 4.78 is 39.1.